The van der Waals surface area contributed by atoms with Gasteiger partial charge in [0.25, 0.3) is 0 Å². The van der Waals surface area contributed by atoms with Crippen molar-refractivity contribution in [2.24, 2.45) is 4.99 Å². The van der Waals surface area contributed by atoms with E-state index in [1.165, 1.54) is 11.1 Å². The predicted octanol–water partition coefficient (Wildman–Crippen LogP) is 3.41. The number of rotatable bonds is 8. The number of nitrogens with one attached hydrogen (secondary N) is 2. The monoisotopic (exact) mass is 342 g/mol. The molecule has 0 saturated carbocycles. The molecule has 2 aromatic rings. The van der Waals surface area contributed by atoms with Crippen molar-refractivity contribution < 1.29 is 4.52 Å². The Balaban J connectivity index is 1.96. The summed E-state index contributed by atoms with van der Waals surface area (Å²) in [4.78, 5) is 4.71. The molecular weight excluding hydrogens is 312 g/mol. The summed E-state index contributed by atoms with van der Waals surface area (Å²) in [6.45, 7) is 10.6. The fourth-order valence-electron chi connectivity index (χ4n) is 2.70. The number of hydrogen-bond acceptors (Lipinski definition) is 3. The highest BCUT2D eigenvalue weighted by molar-refractivity contribution is 5.79. The lowest BCUT2D eigenvalue weighted by Crippen LogP contribution is -2.38. The number of aliphatic imine (C=N–C) groups is 1. The third-order valence-electron chi connectivity index (χ3n) is 4.17. The zero-order chi connectivity index (χ0) is 18.1. The SMILES string of the molecule is CCNC(=NCc1c(CC)noc1CC)NCCc1ccc(C)cc1. The summed E-state index contributed by atoms with van der Waals surface area (Å²) in [5, 5.41) is 10.9. The molecule has 1 aromatic heterocycles. The summed E-state index contributed by atoms with van der Waals surface area (Å²) in [6.07, 6.45) is 2.68. The first-order valence-corrected chi connectivity index (χ1v) is 9.21. The standard InChI is InChI=1S/C20H30N4O/c1-5-18-17(19(6-2)25-24-18)14-23-20(21-7-3)22-13-12-16-10-8-15(4)9-11-16/h8-11H,5-7,12-14H2,1-4H3,(H2,21,22,23). The van der Waals surface area contributed by atoms with Gasteiger partial charge in [0.15, 0.2) is 5.96 Å². The van der Waals surface area contributed by atoms with Crippen LogP contribution in [0.15, 0.2) is 33.8 Å². The van der Waals surface area contributed by atoms with Crippen molar-refractivity contribution in [2.75, 3.05) is 13.1 Å². The van der Waals surface area contributed by atoms with Crippen LogP contribution in [0.2, 0.25) is 0 Å². The first-order valence-electron chi connectivity index (χ1n) is 9.21. The maximum absolute atomic E-state index is 5.42. The Morgan fingerprint density at radius 1 is 1.08 bits per heavy atom. The van der Waals surface area contributed by atoms with E-state index >= 15 is 0 Å². The second-order valence-electron chi connectivity index (χ2n) is 6.10. The van der Waals surface area contributed by atoms with E-state index in [4.69, 9.17) is 9.52 Å². The lowest BCUT2D eigenvalue weighted by molar-refractivity contribution is 0.380. The van der Waals surface area contributed by atoms with Gasteiger partial charge >= 0.3 is 0 Å². The fraction of sp³-hybridized carbons (Fsp3) is 0.500. The molecule has 0 radical (unpaired) electrons. The molecule has 1 heterocycles. The Morgan fingerprint density at radius 3 is 2.48 bits per heavy atom. The van der Waals surface area contributed by atoms with E-state index in [0.717, 1.165) is 55.3 Å². The largest absolute Gasteiger partial charge is 0.361 e. The van der Waals surface area contributed by atoms with Gasteiger partial charge in [0.2, 0.25) is 0 Å². The maximum Gasteiger partial charge on any atom is 0.191 e. The topological polar surface area (TPSA) is 62.5 Å². The molecule has 2 rings (SSSR count). The van der Waals surface area contributed by atoms with Crippen molar-refractivity contribution in [1.82, 2.24) is 15.8 Å². The number of nitrogens with zero attached hydrogens (tertiary/aromatic N) is 2. The number of aryl methyl sites for hydroxylation is 3. The highest BCUT2D eigenvalue weighted by Gasteiger charge is 2.13. The van der Waals surface area contributed by atoms with Crippen LogP contribution in [0.5, 0.6) is 0 Å². The van der Waals surface area contributed by atoms with Crippen molar-refractivity contribution in [1.29, 1.82) is 0 Å². The molecule has 0 saturated heterocycles. The third kappa shape index (κ3) is 5.62. The number of guanidine groups is 1. The van der Waals surface area contributed by atoms with E-state index in [0.29, 0.717) is 6.54 Å². The smallest absolute Gasteiger partial charge is 0.191 e. The molecule has 2 N–H and O–H groups in total. The number of aromatic nitrogens is 1. The van der Waals surface area contributed by atoms with Crippen molar-refractivity contribution >= 4 is 5.96 Å². The molecule has 0 aliphatic heterocycles. The van der Waals surface area contributed by atoms with E-state index in [9.17, 15) is 0 Å². The summed E-state index contributed by atoms with van der Waals surface area (Å²) >= 11 is 0. The molecule has 0 amide bonds. The quantitative estimate of drug-likeness (QED) is 0.570. The van der Waals surface area contributed by atoms with Crippen molar-refractivity contribution in [3.05, 3.63) is 52.4 Å². The Labute approximate surface area is 150 Å². The normalized spacial score (nSPS) is 11.6. The van der Waals surface area contributed by atoms with Crippen molar-refractivity contribution in [3.63, 3.8) is 0 Å². The molecule has 136 valence electrons. The van der Waals surface area contributed by atoms with Gasteiger partial charge in [0.05, 0.1) is 12.2 Å². The van der Waals surface area contributed by atoms with Crippen LogP contribution < -0.4 is 10.6 Å². The van der Waals surface area contributed by atoms with Crippen LogP contribution in [-0.2, 0) is 25.8 Å². The first kappa shape index (κ1) is 19.0. The van der Waals surface area contributed by atoms with E-state index < -0.39 is 0 Å². The van der Waals surface area contributed by atoms with Crippen LogP contribution in [0.3, 0.4) is 0 Å². The summed E-state index contributed by atoms with van der Waals surface area (Å²) in [5.74, 6) is 1.77. The van der Waals surface area contributed by atoms with Crippen LogP contribution in [-0.4, -0.2) is 24.2 Å². The van der Waals surface area contributed by atoms with Crippen LogP contribution >= 0.6 is 0 Å². The lowest BCUT2D eigenvalue weighted by atomic mass is 10.1. The molecule has 0 unspecified atom stereocenters. The highest BCUT2D eigenvalue weighted by Crippen LogP contribution is 2.16. The maximum atomic E-state index is 5.42. The average molecular weight is 342 g/mol. The molecule has 0 aliphatic rings. The average Bonchev–Trinajstić information content (AvgIpc) is 3.03. The minimum absolute atomic E-state index is 0.593. The fourth-order valence-corrected chi connectivity index (χ4v) is 2.70. The van der Waals surface area contributed by atoms with Gasteiger partial charge in [-0.2, -0.15) is 0 Å². The highest BCUT2D eigenvalue weighted by atomic mass is 16.5. The molecule has 25 heavy (non-hydrogen) atoms. The van der Waals surface area contributed by atoms with Gasteiger partial charge in [-0.1, -0.05) is 48.8 Å². The molecule has 0 bridgehead atoms. The second-order valence-corrected chi connectivity index (χ2v) is 6.10. The van der Waals surface area contributed by atoms with Gasteiger partial charge in [-0.3, -0.25) is 0 Å². The van der Waals surface area contributed by atoms with Crippen LogP contribution in [0, 0.1) is 6.92 Å². The molecule has 0 atom stereocenters. The second kappa shape index (κ2) is 9.87. The molecule has 0 aliphatic carbocycles. The van der Waals surface area contributed by atoms with Gasteiger partial charge in [-0.15, -0.1) is 0 Å². The van der Waals surface area contributed by atoms with Gasteiger partial charge in [0, 0.05) is 25.1 Å². The van der Waals surface area contributed by atoms with Gasteiger partial charge in [-0.05, 0) is 32.3 Å². The first-order chi connectivity index (χ1) is 12.2. The van der Waals surface area contributed by atoms with Gasteiger partial charge in [-0.25, -0.2) is 4.99 Å². The molecule has 1 aromatic carbocycles. The molecular formula is C20H30N4O. The van der Waals surface area contributed by atoms with Crippen molar-refractivity contribution in [2.45, 2.75) is 53.5 Å². The number of hydrogen-bond donors (Lipinski definition) is 2. The lowest BCUT2D eigenvalue weighted by Gasteiger charge is -2.11. The third-order valence-corrected chi connectivity index (χ3v) is 4.17. The van der Waals surface area contributed by atoms with E-state index in [1.807, 2.05) is 0 Å². The van der Waals surface area contributed by atoms with Gasteiger partial charge in [0.1, 0.15) is 5.76 Å². The van der Waals surface area contributed by atoms with Crippen LogP contribution in [0.25, 0.3) is 0 Å². The Hall–Kier alpha value is -2.30. The minimum atomic E-state index is 0.593. The van der Waals surface area contributed by atoms with Gasteiger partial charge < -0.3 is 15.2 Å². The summed E-state index contributed by atoms with van der Waals surface area (Å²) in [5.41, 5.74) is 4.75. The summed E-state index contributed by atoms with van der Waals surface area (Å²) < 4.78 is 5.42. The Morgan fingerprint density at radius 2 is 1.84 bits per heavy atom. The molecule has 5 heteroatoms. The van der Waals surface area contributed by atoms with E-state index in [2.05, 4.69) is 67.8 Å². The van der Waals surface area contributed by atoms with E-state index in [1.54, 1.807) is 0 Å². The Bertz CT molecular complexity index is 652. The molecule has 0 fully saturated rings. The van der Waals surface area contributed by atoms with E-state index in [-0.39, 0.29) is 0 Å². The summed E-state index contributed by atoms with van der Waals surface area (Å²) in [6, 6.07) is 8.66. The van der Waals surface area contributed by atoms with Crippen LogP contribution in [0.1, 0.15) is 48.9 Å². The Kier molecular flexibility index (Phi) is 7.51. The van der Waals surface area contributed by atoms with Crippen LogP contribution in [0.4, 0.5) is 0 Å². The minimum Gasteiger partial charge on any atom is -0.361 e. The zero-order valence-corrected chi connectivity index (χ0v) is 15.9. The van der Waals surface area contributed by atoms with Crippen molar-refractivity contribution in [3.8, 4) is 0 Å². The molecule has 5 nitrogen and oxygen atoms in total. The predicted molar refractivity (Wildman–Crippen MR) is 103 cm³/mol. The summed E-state index contributed by atoms with van der Waals surface area (Å²) in [7, 11) is 0. The molecule has 0 spiro atoms. The number of benzene rings is 1. The zero-order valence-electron chi connectivity index (χ0n) is 15.9.